The topological polar surface area (TPSA) is 21.3 Å². The Labute approximate surface area is 180 Å². The third-order valence-corrected chi connectivity index (χ3v) is 7.08. The van der Waals surface area contributed by atoms with Crippen LogP contribution in [0.5, 0.6) is 0 Å². The predicted octanol–water partition coefficient (Wildman–Crippen LogP) is 6.37. The molecule has 0 radical (unpaired) electrons. The second-order valence-electron chi connectivity index (χ2n) is 9.32. The van der Waals surface area contributed by atoms with E-state index in [-0.39, 0.29) is 9.76 Å². The van der Waals surface area contributed by atoms with Crippen LogP contribution >= 0.6 is 0 Å². The maximum absolute atomic E-state index is 5.27. The standard InChI is InChI=1S/C24H55N2OSi/c1-5-6-7-8-9-10-11-12-13-14-15-16-17-18-19-20-22-25-26(2,3)23-21-24-28-27-4/h25H,5-24,28H2,1-4H3/q+1. The molecule has 0 fully saturated rings. The van der Waals surface area contributed by atoms with Gasteiger partial charge in [0.05, 0.1) is 20.6 Å². The van der Waals surface area contributed by atoms with Crippen LogP contribution in [0.3, 0.4) is 0 Å². The summed E-state index contributed by atoms with van der Waals surface area (Å²) in [5.74, 6) is 0. The molecule has 0 aromatic rings. The number of nitrogens with zero attached hydrogens (tertiary/aromatic N) is 1. The first-order chi connectivity index (χ1) is 13.6. The lowest BCUT2D eigenvalue weighted by atomic mass is 10.0. The molecule has 4 heteroatoms. The van der Waals surface area contributed by atoms with Crippen molar-refractivity contribution >= 4 is 9.76 Å². The number of unbranched alkanes of at least 4 members (excludes halogenated alkanes) is 15. The highest BCUT2D eigenvalue weighted by Crippen LogP contribution is 2.13. The monoisotopic (exact) mass is 415 g/mol. The third kappa shape index (κ3) is 22.4. The van der Waals surface area contributed by atoms with Crippen molar-refractivity contribution in [1.29, 1.82) is 0 Å². The van der Waals surface area contributed by atoms with Crippen molar-refractivity contribution in [3.8, 4) is 0 Å². The first kappa shape index (κ1) is 28.1. The maximum Gasteiger partial charge on any atom is 0.161 e. The van der Waals surface area contributed by atoms with Crippen molar-refractivity contribution in [1.82, 2.24) is 5.43 Å². The van der Waals surface area contributed by atoms with E-state index < -0.39 is 0 Å². The van der Waals surface area contributed by atoms with E-state index in [4.69, 9.17) is 4.43 Å². The summed E-state index contributed by atoms with van der Waals surface area (Å²) in [7, 11) is 6.20. The number of hydrogen-bond donors (Lipinski definition) is 1. The quantitative estimate of drug-likeness (QED) is 0.0906. The van der Waals surface area contributed by atoms with Crippen LogP contribution in [0.15, 0.2) is 0 Å². The van der Waals surface area contributed by atoms with E-state index in [1.807, 2.05) is 7.11 Å². The Morgan fingerprint density at radius 3 is 1.50 bits per heavy atom. The lowest BCUT2D eigenvalue weighted by Gasteiger charge is -2.29. The normalized spacial score (nSPS) is 12.4. The number of hydrogen-bond acceptors (Lipinski definition) is 2. The van der Waals surface area contributed by atoms with Gasteiger partial charge in [0.15, 0.2) is 9.76 Å². The van der Waals surface area contributed by atoms with Crippen molar-refractivity contribution in [2.75, 3.05) is 34.3 Å². The van der Waals surface area contributed by atoms with Crippen molar-refractivity contribution in [2.24, 2.45) is 0 Å². The van der Waals surface area contributed by atoms with Crippen molar-refractivity contribution in [2.45, 2.75) is 122 Å². The minimum Gasteiger partial charge on any atom is -0.427 e. The molecular weight excluding hydrogens is 360 g/mol. The highest BCUT2D eigenvalue weighted by Gasteiger charge is 2.13. The molecule has 0 bridgehead atoms. The number of quaternary nitrogens is 1. The summed E-state index contributed by atoms with van der Waals surface area (Å²) >= 11 is 0. The van der Waals surface area contributed by atoms with Gasteiger partial charge in [-0.1, -0.05) is 103 Å². The van der Waals surface area contributed by atoms with Crippen LogP contribution in [0.25, 0.3) is 0 Å². The molecule has 0 unspecified atom stereocenters. The molecule has 0 saturated heterocycles. The van der Waals surface area contributed by atoms with Crippen LogP contribution in [0.2, 0.25) is 6.04 Å². The predicted molar refractivity (Wildman–Crippen MR) is 130 cm³/mol. The first-order valence-electron chi connectivity index (χ1n) is 12.7. The van der Waals surface area contributed by atoms with E-state index >= 15 is 0 Å². The maximum atomic E-state index is 5.27. The molecule has 28 heavy (non-hydrogen) atoms. The van der Waals surface area contributed by atoms with Gasteiger partial charge in [0.2, 0.25) is 0 Å². The Morgan fingerprint density at radius 2 is 1.07 bits per heavy atom. The number of nitrogens with one attached hydrogen (secondary N) is 1. The van der Waals surface area contributed by atoms with E-state index in [2.05, 4.69) is 26.4 Å². The Kier molecular flexibility index (Phi) is 21.9. The highest BCUT2D eigenvalue weighted by molar-refractivity contribution is 6.26. The Morgan fingerprint density at radius 1 is 0.643 bits per heavy atom. The van der Waals surface area contributed by atoms with Crippen LogP contribution in [0, 0.1) is 0 Å². The second kappa shape index (κ2) is 21.8. The summed E-state index contributed by atoms with van der Waals surface area (Å²) in [4.78, 5) is 0. The average Bonchev–Trinajstić information content (AvgIpc) is 2.67. The zero-order valence-corrected chi connectivity index (χ0v) is 21.6. The highest BCUT2D eigenvalue weighted by atomic mass is 28.2. The third-order valence-electron chi connectivity index (χ3n) is 5.89. The molecule has 0 aliphatic rings. The van der Waals surface area contributed by atoms with Gasteiger partial charge in [-0.2, -0.15) is 5.43 Å². The molecule has 0 atom stereocenters. The van der Waals surface area contributed by atoms with Gasteiger partial charge in [0.1, 0.15) is 0 Å². The largest absolute Gasteiger partial charge is 0.427 e. The van der Waals surface area contributed by atoms with Crippen molar-refractivity contribution in [3.05, 3.63) is 0 Å². The lowest BCUT2D eigenvalue weighted by Crippen LogP contribution is -2.52. The Balaban J connectivity index is 3.19. The van der Waals surface area contributed by atoms with Crippen LogP contribution in [0.4, 0.5) is 0 Å². The van der Waals surface area contributed by atoms with Gasteiger partial charge >= 0.3 is 0 Å². The molecular formula is C24H55N2OSi+. The Hall–Kier alpha value is 0.0969. The summed E-state index contributed by atoms with van der Waals surface area (Å²) < 4.78 is 6.22. The summed E-state index contributed by atoms with van der Waals surface area (Å²) in [6, 6.07) is 1.30. The molecule has 0 amide bonds. The first-order valence-corrected chi connectivity index (χ1v) is 14.3. The van der Waals surface area contributed by atoms with Crippen molar-refractivity contribution < 1.29 is 9.02 Å². The molecule has 0 heterocycles. The molecule has 1 N–H and O–H groups in total. The van der Waals surface area contributed by atoms with Gasteiger partial charge < -0.3 is 4.43 Å². The van der Waals surface area contributed by atoms with Gasteiger partial charge in [0.25, 0.3) is 0 Å². The zero-order chi connectivity index (χ0) is 20.8. The molecule has 0 aromatic heterocycles. The van der Waals surface area contributed by atoms with Crippen LogP contribution < -0.4 is 5.43 Å². The minimum atomic E-state index is -0.235. The fourth-order valence-electron chi connectivity index (χ4n) is 3.89. The van der Waals surface area contributed by atoms with Crippen molar-refractivity contribution in [3.63, 3.8) is 0 Å². The van der Waals surface area contributed by atoms with Crippen LogP contribution in [-0.2, 0) is 4.43 Å². The van der Waals surface area contributed by atoms with Gasteiger partial charge in [-0.15, -0.1) is 0 Å². The van der Waals surface area contributed by atoms with E-state index in [9.17, 15) is 0 Å². The molecule has 0 aliphatic heterocycles. The van der Waals surface area contributed by atoms with Gasteiger partial charge in [-0.3, -0.25) is 4.59 Å². The van der Waals surface area contributed by atoms with Gasteiger partial charge in [-0.25, -0.2) is 0 Å². The molecule has 170 valence electrons. The fraction of sp³-hybridized carbons (Fsp3) is 1.00. The average molecular weight is 416 g/mol. The molecule has 3 nitrogen and oxygen atoms in total. The van der Waals surface area contributed by atoms with Gasteiger partial charge in [0, 0.05) is 13.7 Å². The van der Waals surface area contributed by atoms with Crippen LogP contribution in [-0.4, -0.2) is 48.6 Å². The van der Waals surface area contributed by atoms with E-state index in [0.29, 0.717) is 0 Å². The molecule has 0 rings (SSSR count). The fourth-order valence-corrected chi connectivity index (χ4v) is 4.60. The summed E-state index contributed by atoms with van der Waals surface area (Å²) in [6.45, 7) is 4.68. The van der Waals surface area contributed by atoms with Crippen LogP contribution in [0.1, 0.15) is 116 Å². The zero-order valence-electron chi connectivity index (χ0n) is 20.2. The van der Waals surface area contributed by atoms with Gasteiger partial charge in [-0.05, 0) is 18.9 Å². The summed E-state index contributed by atoms with van der Waals surface area (Å²) in [5, 5.41) is 0. The molecule has 0 saturated carbocycles. The number of rotatable bonds is 23. The minimum absolute atomic E-state index is 0.235. The smallest absolute Gasteiger partial charge is 0.161 e. The molecule has 0 spiro atoms. The second-order valence-corrected chi connectivity index (χ2v) is 11.0. The van der Waals surface area contributed by atoms with E-state index in [0.717, 1.165) is 11.1 Å². The van der Waals surface area contributed by atoms with E-state index in [1.165, 1.54) is 122 Å². The Bertz CT molecular complexity index is 300. The van der Waals surface area contributed by atoms with E-state index in [1.54, 1.807) is 0 Å². The molecule has 0 aromatic carbocycles. The lowest BCUT2D eigenvalue weighted by molar-refractivity contribution is -0.934. The SMILES string of the molecule is CCCCCCCCCCCCCCCCCCN[N+](C)(C)CCC[SiH2]OC. The summed E-state index contributed by atoms with van der Waals surface area (Å²) in [6.07, 6.45) is 24.3. The molecule has 0 aliphatic carbocycles. The summed E-state index contributed by atoms with van der Waals surface area (Å²) in [5.41, 5.74) is 3.70.